The Morgan fingerprint density at radius 3 is 2.56 bits per heavy atom. The van der Waals surface area contributed by atoms with E-state index in [1.807, 2.05) is 36.4 Å². The summed E-state index contributed by atoms with van der Waals surface area (Å²) in [5.41, 5.74) is 0.989. The van der Waals surface area contributed by atoms with Crippen molar-refractivity contribution in [2.75, 3.05) is 26.2 Å². The molecule has 0 atom stereocenters. The number of ether oxygens (including phenoxy) is 1. The number of piperidine rings is 1. The van der Waals surface area contributed by atoms with Crippen molar-refractivity contribution in [3.05, 3.63) is 42.0 Å². The van der Waals surface area contributed by atoms with Gasteiger partial charge in [0.15, 0.2) is 0 Å². The molecule has 6 heteroatoms. The Bertz CT molecular complexity index is 649. The third-order valence-corrected chi connectivity index (χ3v) is 4.56. The standard InChI is InChI=1S/C21H28N2O4/c1-2-27-20(25)9-6-14-22-21(26)18-12-15-23(16-13-18)19(24)11-10-17-7-4-3-5-8-17/h3-5,7-8,10-11,18H,2,6,9,12-16H2,1H3,(H,22,26)/b11-10+. The Morgan fingerprint density at radius 2 is 1.89 bits per heavy atom. The fourth-order valence-corrected chi connectivity index (χ4v) is 3.02. The van der Waals surface area contributed by atoms with Gasteiger partial charge in [0.05, 0.1) is 6.61 Å². The van der Waals surface area contributed by atoms with E-state index in [1.165, 1.54) is 0 Å². The Hall–Kier alpha value is -2.63. The van der Waals surface area contributed by atoms with Crippen molar-refractivity contribution < 1.29 is 19.1 Å². The first-order valence-electron chi connectivity index (χ1n) is 9.55. The number of likely N-dealkylation sites (tertiary alicyclic amines) is 1. The highest BCUT2D eigenvalue weighted by atomic mass is 16.5. The molecule has 146 valence electrons. The van der Waals surface area contributed by atoms with E-state index >= 15 is 0 Å². The monoisotopic (exact) mass is 372 g/mol. The van der Waals surface area contributed by atoms with Crippen LogP contribution in [0.3, 0.4) is 0 Å². The van der Waals surface area contributed by atoms with Crippen molar-refractivity contribution in [1.82, 2.24) is 10.2 Å². The lowest BCUT2D eigenvalue weighted by Crippen LogP contribution is -2.42. The average molecular weight is 372 g/mol. The third kappa shape index (κ3) is 7.25. The maximum absolute atomic E-state index is 12.3. The van der Waals surface area contributed by atoms with Gasteiger partial charge in [-0.05, 0) is 37.8 Å². The molecule has 6 nitrogen and oxygen atoms in total. The molecular formula is C21H28N2O4. The Balaban J connectivity index is 1.67. The predicted octanol–water partition coefficient (Wildman–Crippen LogP) is 2.40. The number of rotatable bonds is 8. The smallest absolute Gasteiger partial charge is 0.305 e. The molecule has 27 heavy (non-hydrogen) atoms. The number of nitrogens with one attached hydrogen (secondary N) is 1. The Kier molecular flexibility index (Phi) is 8.55. The van der Waals surface area contributed by atoms with Crippen LogP contribution in [0.2, 0.25) is 0 Å². The highest BCUT2D eigenvalue weighted by molar-refractivity contribution is 5.92. The number of esters is 1. The van der Waals surface area contributed by atoms with Crippen LogP contribution >= 0.6 is 0 Å². The van der Waals surface area contributed by atoms with E-state index in [0.717, 1.165) is 5.56 Å². The highest BCUT2D eigenvalue weighted by Crippen LogP contribution is 2.18. The summed E-state index contributed by atoms with van der Waals surface area (Å²) in [6.07, 6.45) is 5.61. The lowest BCUT2D eigenvalue weighted by molar-refractivity contribution is -0.143. The van der Waals surface area contributed by atoms with Crippen LogP contribution in [0.25, 0.3) is 6.08 Å². The van der Waals surface area contributed by atoms with E-state index in [4.69, 9.17) is 4.74 Å². The lowest BCUT2D eigenvalue weighted by atomic mass is 9.95. The van der Waals surface area contributed by atoms with E-state index in [9.17, 15) is 14.4 Å². The average Bonchev–Trinajstić information content (AvgIpc) is 2.70. The van der Waals surface area contributed by atoms with Crippen molar-refractivity contribution in [2.24, 2.45) is 5.92 Å². The molecule has 1 aliphatic rings. The second-order valence-corrected chi connectivity index (χ2v) is 6.54. The second-order valence-electron chi connectivity index (χ2n) is 6.54. The minimum Gasteiger partial charge on any atom is -0.466 e. The van der Waals surface area contributed by atoms with Gasteiger partial charge in [0.2, 0.25) is 11.8 Å². The minimum absolute atomic E-state index is 0.00536. The fraction of sp³-hybridized carbons (Fsp3) is 0.476. The first kappa shape index (κ1) is 20.7. The molecule has 0 saturated carbocycles. The number of carbonyl (C=O) groups is 3. The van der Waals surface area contributed by atoms with Gasteiger partial charge in [-0.25, -0.2) is 0 Å². The first-order chi connectivity index (χ1) is 13.1. The molecular weight excluding hydrogens is 344 g/mol. The van der Waals surface area contributed by atoms with Crippen LogP contribution < -0.4 is 5.32 Å². The van der Waals surface area contributed by atoms with Crippen molar-refractivity contribution in [3.8, 4) is 0 Å². The van der Waals surface area contributed by atoms with Crippen molar-refractivity contribution >= 4 is 23.9 Å². The molecule has 0 spiro atoms. The van der Waals surface area contributed by atoms with Gasteiger partial charge < -0.3 is 15.0 Å². The van der Waals surface area contributed by atoms with Crippen molar-refractivity contribution in [3.63, 3.8) is 0 Å². The number of amides is 2. The number of carbonyl (C=O) groups excluding carboxylic acids is 3. The van der Waals surface area contributed by atoms with Crippen LogP contribution in [0.4, 0.5) is 0 Å². The summed E-state index contributed by atoms with van der Waals surface area (Å²) in [5, 5.41) is 2.88. The molecule has 1 saturated heterocycles. The zero-order valence-electron chi connectivity index (χ0n) is 15.9. The molecule has 2 amide bonds. The largest absolute Gasteiger partial charge is 0.466 e. The van der Waals surface area contributed by atoms with E-state index < -0.39 is 0 Å². The van der Waals surface area contributed by atoms with Crippen LogP contribution in [0.5, 0.6) is 0 Å². The molecule has 0 aliphatic carbocycles. The van der Waals surface area contributed by atoms with Gasteiger partial charge in [0.1, 0.15) is 0 Å². The van der Waals surface area contributed by atoms with Gasteiger partial charge in [0, 0.05) is 38.0 Å². The summed E-state index contributed by atoms with van der Waals surface area (Å²) in [4.78, 5) is 37.5. The van der Waals surface area contributed by atoms with Crippen LogP contribution in [-0.4, -0.2) is 48.9 Å². The van der Waals surface area contributed by atoms with Gasteiger partial charge in [-0.2, -0.15) is 0 Å². The van der Waals surface area contributed by atoms with Crippen LogP contribution in [0, 0.1) is 5.92 Å². The van der Waals surface area contributed by atoms with Gasteiger partial charge in [-0.3, -0.25) is 14.4 Å². The molecule has 1 aliphatic heterocycles. The quantitative estimate of drug-likeness (QED) is 0.432. The number of hydrogen-bond donors (Lipinski definition) is 1. The summed E-state index contributed by atoms with van der Waals surface area (Å²) >= 11 is 0. The van der Waals surface area contributed by atoms with Gasteiger partial charge in [-0.1, -0.05) is 30.3 Å². The summed E-state index contributed by atoms with van der Waals surface area (Å²) in [6, 6.07) is 9.69. The minimum atomic E-state index is -0.234. The van der Waals surface area contributed by atoms with Gasteiger partial charge in [0.25, 0.3) is 0 Å². The zero-order chi connectivity index (χ0) is 19.5. The molecule has 1 heterocycles. The van der Waals surface area contributed by atoms with E-state index in [-0.39, 0.29) is 23.7 Å². The van der Waals surface area contributed by atoms with Crippen LogP contribution in [0.15, 0.2) is 36.4 Å². The topological polar surface area (TPSA) is 75.7 Å². The lowest BCUT2D eigenvalue weighted by Gasteiger charge is -2.30. The highest BCUT2D eigenvalue weighted by Gasteiger charge is 2.26. The molecule has 2 rings (SSSR count). The number of hydrogen-bond acceptors (Lipinski definition) is 4. The molecule has 1 aromatic rings. The van der Waals surface area contributed by atoms with E-state index in [2.05, 4.69) is 5.32 Å². The molecule has 0 aromatic heterocycles. The SMILES string of the molecule is CCOC(=O)CCCNC(=O)C1CCN(C(=O)/C=C/c2ccccc2)CC1. The normalized spacial score (nSPS) is 14.9. The summed E-state index contributed by atoms with van der Waals surface area (Å²) in [7, 11) is 0. The van der Waals surface area contributed by atoms with Crippen molar-refractivity contribution in [2.45, 2.75) is 32.6 Å². The Morgan fingerprint density at radius 1 is 1.19 bits per heavy atom. The molecule has 0 radical (unpaired) electrons. The molecule has 1 aromatic carbocycles. The summed E-state index contributed by atoms with van der Waals surface area (Å²) < 4.78 is 4.85. The second kappa shape index (κ2) is 11.2. The van der Waals surface area contributed by atoms with Gasteiger partial charge >= 0.3 is 5.97 Å². The van der Waals surface area contributed by atoms with Gasteiger partial charge in [-0.15, -0.1) is 0 Å². The molecule has 1 N–H and O–H groups in total. The first-order valence-corrected chi connectivity index (χ1v) is 9.55. The zero-order valence-corrected chi connectivity index (χ0v) is 15.9. The molecule has 0 bridgehead atoms. The summed E-state index contributed by atoms with van der Waals surface area (Å²) in [6.45, 7) is 3.78. The maximum atomic E-state index is 12.3. The maximum Gasteiger partial charge on any atom is 0.305 e. The van der Waals surface area contributed by atoms with Crippen molar-refractivity contribution in [1.29, 1.82) is 0 Å². The third-order valence-electron chi connectivity index (χ3n) is 4.56. The number of nitrogens with zero attached hydrogens (tertiary/aromatic N) is 1. The Labute approximate surface area is 160 Å². The predicted molar refractivity (Wildman–Crippen MR) is 104 cm³/mol. The van der Waals surface area contributed by atoms with Crippen LogP contribution in [-0.2, 0) is 19.1 Å². The molecule has 0 unspecified atom stereocenters. The summed E-state index contributed by atoms with van der Waals surface area (Å²) in [5.74, 6) is -0.324. The number of benzene rings is 1. The fourth-order valence-electron chi connectivity index (χ4n) is 3.02. The molecule has 1 fully saturated rings. The van der Waals surface area contributed by atoms with E-state index in [0.29, 0.717) is 51.9 Å². The van der Waals surface area contributed by atoms with Crippen LogP contribution in [0.1, 0.15) is 38.2 Å². The van der Waals surface area contributed by atoms with E-state index in [1.54, 1.807) is 17.9 Å².